The molecule has 164 valence electrons. The van der Waals surface area contributed by atoms with E-state index in [4.69, 9.17) is 11.6 Å². The van der Waals surface area contributed by atoms with Gasteiger partial charge in [-0.3, -0.25) is 0 Å². The van der Waals surface area contributed by atoms with Crippen molar-refractivity contribution in [3.63, 3.8) is 0 Å². The lowest BCUT2D eigenvalue weighted by atomic mass is 10.1. The second kappa shape index (κ2) is 8.19. The summed E-state index contributed by atoms with van der Waals surface area (Å²) in [6.07, 6.45) is 4.13. The van der Waals surface area contributed by atoms with Crippen LogP contribution in [0.3, 0.4) is 0 Å². The highest BCUT2D eigenvalue weighted by Gasteiger charge is 2.42. The van der Waals surface area contributed by atoms with Crippen molar-refractivity contribution >= 4 is 34.4 Å². The number of pyridine rings is 1. The Labute approximate surface area is 183 Å². The molecule has 2 aliphatic rings. The van der Waals surface area contributed by atoms with Gasteiger partial charge in [0.25, 0.3) is 0 Å². The molecule has 1 aliphatic carbocycles. The fourth-order valence-corrected chi connectivity index (χ4v) is 4.70. The lowest BCUT2D eigenvalue weighted by Gasteiger charge is -2.19. The van der Waals surface area contributed by atoms with Gasteiger partial charge in [0.15, 0.2) is 11.5 Å². The molecule has 1 saturated carbocycles. The van der Waals surface area contributed by atoms with E-state index < -0.39 is 18.2 Å². The summed E-state index contributed by atoms with van der Waals surface area (Å²) in [5, 5.41) is 34.2. The van der Waals surface area contributed by atoms with Crippen molar-refractivity contribution in [2.24, 2.45) is 5.92 Å². The van der Waals surface area contributed by atoms with Gasteiger partial charge in [-0.05, 0) is 25.0 Å². The smallest absolute Gasteiger partial charge is 0.165 e. The highest BCUT2D eigenvalue weighted by Crippen LogP contribution is 2.37. The molecule has 0 amide bonds. The number of aliphatic hydroxyl groups excluding tert-OH is 3. The van der Waals surface area contributed by atoms with Crippen LogP contribution in [0.2, 0.25) is 5.02 Å². The number of aliphatic hydroxyl groups is 3. The van der Waals surface area contributed by atoms with Crippen LogP contribution < -0.4 is 10.2 Å². The Morgan fingerprint density at radius 2 is 2.00 bits per heavy atom. The van der Waals surface area contributed by atoms with Crippen LogP contribution in [-0.2, 0) is 0 Å². The number of halogens is 1. The van der Waals surface area contributed by atoms with Gasteiger partial charge < -0.3 is 30.1 Å². The van der Waals surface area contributed by atoms with Crippen LogP contribution in [-0.4, -0.2) is 77.8 Å². The molecule has 11 heteroatoms. The molecule has 31 heavy (non-hydrogen) atoms. The van der Waals surface area contributed by atoms with Gasteiger partial charge in [-0.25, -0.2) is 19.9 Å². The highest BCUT2D eigenvalue weighted by atomic mass is 35.5. The molecule has 0 radical (unpaired) electrons. The molecule has 1 aliphatic heterocycles. The summed E-state index contributed by atoms with van der Waals surface area (Å²) in [5.74, 6) is 1.15. The first kappa shape index (κ1) is 20.4. The molecule has 0 aromatic carbocycles. The van der Waals surface area contributed by atoms with Crippen molar-refractivity contribution in [1.29, 1.82) is 0 Å². The molecule has 0 bridgehead atoms. The minimum atomic E-state index is -0.990. The summed E-state index contributed by atoms with van der Waals surface area (Å²) in [6.45, 7) is 1.46. The standard InChI is InChI=1S/C20H24ClN7O3/c21-12-1-2-15(22-6-12)27-4-3-13(7-27)26-19-16-20(24-9-23-19)28(10-25-16)14-5-11(8-29)17(30)18(14)31/h1-2,6,9-11,13-14,17-18,29-31H,3-5,7-8H2,(H,23,24,26)/t11-,13+,14-,17+,18-/m1/s1. The summed E-state index contributed by atoms with van der Waals surface area (Å²) >= 11 is 5.93. The fourth-order valence-electron chi connectivity index (χ4n) is 4.59. The van der Waals surface area contributed by atoms with E-state index in [-0.39, 0.29) is 18.6 Å². The van der Waals surface area contributed by atoms with Gasteiger partial charge in [-0.2, -0.15) is 0 Å². The zero-order chi connectivity index (χ0) is 21.5. The van der Waals surface area contributed by atoms with E-state index >= 15 is 0 Å². The molecule has 1 saturated heterocycles. The monoisotopic (exact) mass is 445 g/mol. The van der Waals surface area contributed by atoms with Crippen molar-refractivity contribution in [3.8, 4) is 0 Å². The second-order valence-corrected chi connectivity index (χ2v) is 8.62. The number of rotatable bonds is 5. The van der Waals surface area contributed by atoms with Crippen LogP contribution >= 0.6 is 11.6 Å². The van der Waals surface area contributed by atoms with Crippen molar-refractivity contribution in [2.75, 3.05) is 29.9 Å². The maximum absolute atomic E-state index is 10.5. The minimum Gasteiger partial charge on any atom is -0.396 e. The van der Waals surface area contributed by atoms with Crippen LogP contribution in [0.1, 0.15) is 18.9 Å². The van der Waals surface area contributed by atoms with E-state index in [1.165, 1.54) is 6.33 Å². The maximum Gasteiger partial charge on any atom is 0.165 e. The number of fused-ring (bicyclic) bond motifs is 1. The molecule has 5 atom stereocenters. The van der Waals surface area contributed by atoms with Gasteiger partial charge in [0, 0.05) is 37.9 Å². The van der Waals surface area contributed by atoms with Crippen molar-refractivity contribution < 1.29 is 15.3 Å². The second-order valence-electron chi connectivity index (χ2n) is 8.18. The van der Waals surface area contributed by atoms with E-state index in [0.29, 0.717) is 28.4 Å². The largest absolute Gasteiger partial charge is 0.396 e. The quantitative estimate of drug-likeness (QED) is 0.451. The lowest BCUT2D eigenvalue weighted by molar-refractivity contribution is -0.00370. The summed E-state index contributed by atoms with van der Waals surface area (Å²) < 4.78 is 1.77. The van der Waals surface area contributed by atoms with E-state index in [1.807, 2.05) is 12.1 Å². The maximum atomic E-state index is 10.5. The average Bonchev–Trinajstić information content (AvgIpc) is 3.48. The topological polar surface area (TPSA) is 132 Å². The first-order valence-corrected chi connectivity index (χ1v) is 10.7. The number of anilines is 2. The molecular weight excluding hydrogens is 422 g/mol. The average molecular weight is 446 g/mol. The summed E-state index contributed by atoms with van der Waals surface area (Å²) in [6, 6.07) is 3.51. The Bertz CT molecular complexity index is 1060. The minimum absolute atomic E-state index is 0.165. The lowest BCUT2D eigenvalue weighted by Crippen LogP contribution is -2.30. The molecule has 2 fully saturated rings. The number of nitrogens with one attached hydrogen (secondary N) is 1. The first-order chi connectivity index (χ1) is 15.0. The van der Waals surface area contributed by atoms with E-state index in [2.05, 4.69) is 30.2 Å². The summed E-state index contributed by atoms with van der Waals surface area (Å²) in [7, 11) is 0. The van der Waals surface area contributed by atoms with Gasteiger partial charge in [0.2, 0.25) is 0 Å². The number of imidazole rings is 1. The Kier molecular flexibility index (Phi) is 5.39. The normalized spacial score (nSPS) is 28.5. The predicted octanol–water partition coefficient (Wildman–Crippen LogP) is 0.841. The molecule has 5 rings (SSSR count). The molecule has 0 spiro atoms. The third-order valence-electron chi connectivity index (χ3n) is 6.29. The number of hydrogen-bond acceptors (Lipinski definition) is 9. The third-order valence-corrected chi connectivity index (χ3v) is 6.51. The zero-order valence-corrected chi connectivity index (χ0v) is 17.5. The summed E-state index contributed by atoms with van der Waals surface area (Å²) in [5.41, 5.74) is 1.20. The van der Waals surface area contributed by atoms with Gasteiger partial charge in [-0.15, -0.1) is 0 Å². The van der Waals surface area contributed by atoms with Gasteiger partial charge in [-0.1, -0.05) is 11.6 Å². The van der Waals surface area contributed by atoms with Crippen molar-refractivity contribution in [3.05, 3.63) is 36.0 Å². The van der Waals surface area contributed by atoms with Crippen molar-refractivity contribution in [1.82, 2.24) is 24.5 Å². The zero-order valence-electron chi connectivity index (χ0n) is 16.7. The molecule has 4 heterocycles. The Hall–Kier alpha value is -2.53. The Morgan fingerprint density at radius 3 is 2.74 bits per heavy atom. The van der Waals surface area contributed by atoms with E-state index in [0.717, 1.165) is 25.3 Å². The van der Waals surface area contributed by atoms with Gasteiger partial charge >= 0.3 is 0 Å². The van der Waals surface area contributed by atoms with Crippen LogP contribution in [0.4, 0.5) is 11.6 Å². The fraction of sp³-hybridized carbons (Fsp3) is 0.500. The molecule has 10 nitrogen and oxygen atoms in total. The molecule has 0 unspecified atom stereocenters. The third kappa shape index (κ3) is 3.69. The van der Waals surface area contributed by atoms with E-state index in [1.54, 1.807) is 17.1 Å². The predicted molar refractivity (Wildman–Crippen MR) is 115 cm³/mol. The molecule has 4 N–H and O–H groups in total. The van der Waals surface area contributed by atoms with Crippen molar-refractivity contribution in [2.45, 2.75) is 37.1 Å². The molecule has 3 aromatic rings. The van der Waals surface area contributed by atoms with Gasteiger partial charge in [0.1, 0.15) is 23.8 Å². The van der Waals surface area contributed by atoms with E-state index in [9.17, 15) is 15.3 Å². The number of nitrogens with zero attached hydrogens (tertiary/aromatic N) is 6. The van der Waals surface area contributed by atoms with Crippen LogP contribution in [0.5, 0.6) is 0 Å². The first-order valence-electron chi connectivity index (χ1n) is 10.3. The number of aromatic nitrogens is 5. The molecular formula is C20H24ClN7O3. The summed E-state index contributed by atoms with van der Waals surface area (Å²) in [4.78, 5) is 19.8. The van der Waals surface area contributed by atoms with Crippen LogP contribution in [0.25, 0.3) is 11.2 Å². The SMILES string of the molecule is OC[C@H]1C[C@@H](n2cnc3c(N[C@H]4CCN(c5ccc(Cl)cn5)C4)ncnc32)[C@@H](O)[C@H]1O. The van der Waals surface area contributed by atoms with Crippen LogP contribution in [0.15, 0.2) is 31.0 Å². The van der Waals surface area contributed by atoms with Gasteiger partial charge in [0.05, 0.1) is 23.5 Å². The van der Waals surface area contributed by atoms with Crippen LogP contribution in [0, 0.1) is 5.92 Å². The number of hydrogen-bond donors (Lipinski definition) is 4. The molecule has 3 aromatic heterocycles. The Balaban J connectivity index is 1.34. The Morgan fingerprint density at radius 1 is 1.13 bits per heavy atom. The highest BCUT2D eigenvalue weighted by molar-refractivity contribution is 6.30.